The van der Waals surface area contributed by atoms with Crippen LogP contribution in [0.2, 0.25) is 0 Å². The first-order valence-electron chi connectivity index (χ1n) is 9.65. The maximum Gasteiger partial charge on any atom is 0.275 e. The van der Waals surface area contributed by atoms with Gasteiger partial charge in [0.25, 0.3) is 5.91 Å². The minimum absolute atomic E-state index is 0.150. The van der Waals surface area contributed by atoms with Crippen LogP contribution in [0.5, 0.6) is 0 Å². The number of para-hydroxylation sites is 1. The van der Waals surface area contributed by atoms with Crippen LogP contribution < -0.4 is 0 Å². The fourth-order valence-corrected chi connectivity index (χ4v) is 4.70. The SMILES string of the molecule is O=C(c1nc(Br)n2ccccc12)N1CCc2[nH]cnc2[C@H]1c1cc2ccccc2o1. The molecule has 0 aliphatic carbocycles. The highest BCUT2D eigenvalue weighted by atomic mass is 79.9. The van der Waals surface area contributed by atoms with Crippen molar-refractivity contribution in [1.82, 2.24) is 24.3 Å². The average molecular weight is 462 g/mol. The minimum Gasteiger partial charge on any atom is -0.458 e. The molecule has 6 rings (SSSR count). The predicted octanol–water partition coefficient (Wildman–Crippen LogP) is 4.35. The lowest BCUT2D eigenvalue weighted by Gasteiger charge is -2.33. The Kier molecular flexibility index (Phi) is 3.82. The lowest BCUT2D eigenvalue weighted by atomic mass is 9.99. The molecule has 5 heterocycles. The summed E-state index contributed by atoms with van der Waals surface area (Å²) in [5, 5.41) is 0.998. The first-order chi connectivity index (χ1) is 14.7. The fourth-order valence-electron chi connectivity index (χ4n) is 4.21. The first kappa shape index (κ1) is 17.5. The Balaban J connectivity index is 1.50. The molecule has 0 unspecified atom stereocenters. The van der Waals surface area contributed by atoms with Crippen LogP contribution in [0.4, 0.5) is 0 Å². The van der Waals surface area contributed by atoms with Crippen LogP contribution >= 0.6 is 15.9 Å². The Labute approximate surface area is 179 Å². The number of halogens is 1. The van der Waals surface area contributed by atoms with Gasteiger partial charge in [0, 0.05) is 30.2 Å². The van der Waals surface area contributed by atoms with Crippen LogP contribution in [-0.2, 0) is 6.42 Å². The summed E-state index contributed by atoms with van der Waals surface area (Å²) in [4.78, 5) is 27.8. The van der Waals surface area contributed by atoms with Crippen molar-refractivity contribution in [2.75, 3.05) is 6.54 Å². The number of benzene rings is 1. The third-order valence-corrected chi connectivity index (χ3v) is 6.17. The van der Waals surface area contributed by atoms with Gasteiger partial charge in [-0.2, -0.15) is 0 Å². The van der Waals surface area contributed by atoms with E-state index in [4.69, 9.17) is 4.42 Å². The van der Waals surface area contributed by atoms with E-state index in [0.717, 1.165) is 27.9 Å². The standard InChI is InChI=1S/C22H16BrN5O2/c23-22-26-19(15-6-3-4-9-27(15)22)21(29)28-10-8-14-18(25-12-24-14)20(28)17-11-13-5-1-2-7-16(13)30-17/h1-7,9,11-12,20H,8,10H2,(H,24,25)/t20-/m1/s1. The Morgan fingerprint density at radius 2 is 2.07 bits per heavy atom. The molecule has 0 radical (unpaired) electrons. The smallest absolute Gasteiger partial charge is 0.275 e. The van der Waals surface area contributed by atoms with Gasteiger partial charge < -0.3 is 14.3 Å². The highest BCUT2D eigenvalue weighted by molar-refractivity contribution is 9.10. The summed E-state index contributed by atoms with van der Waals surface area (Å²) < 4.78 is 8.61. The van der Waals surface area contributed by atoms with Crippen molar-refractivity contribution in [2.24, 2.45) is 0 Å². The molecule has 0 bridgehead atoms. The normalized spacial score (nSPS) is 16.3. The summed E-state index contributed by atoms with van der Waals surface area (Å²) >= 11 is 3.46. The molecule has 1 N–H and O–H groups in total. The molecule has 30 heavy (non-hydrogen) atoms. The quantitative estimate of drug-likeness (QED) is 0.423. The summed E-state index contributed by atoms with van der Waals surface area (Å²) in [6.07, 6.45) is 4.25. The molecular weight excluding hydrogens is 446 g/mol. The highest BCUT2D eigenvalue weighted by Crippen LogP contribution is 2.37. The van der Waals surface area contributed by atoms with Gasteiger partial charge in [0.05, 0.1) is 17.5 Å². The fraction of sp³-hybridized carbons (Fsp3) is 0.136. The van der Waals surface area contributed by atoms with E-state index in [9.17, 15) is 4.79 Å². The predicted molar refractivity (Wildman–Crippen MR) is 114 cm³/mol. The van der Waals surface area contributed by atoms with Gasteiger partial charge in [0.2, 0.25) is 0 Å². The van der Waals surface area contributed by atoms with Gasteiger partial charge in [0.15, 0.2) is 10.4 Å². The maximum absolute atomic E-state index is 13.7. The molecule has 1 aliphatic rings. The number of rotatable bonds is 2. The summed E-state index contributed by atoms with van der Waals surface area (Å²) in [6.45, 7) is 0.541. The second kappa shape index (κ2) is 6.56. The van der Waals surface area contributed by atoms with Crippen molar-refractivity contribution in [3.63, 3.8) is 0 Å². The molecule has 7 nitrogen and oxygen atoms in total. The van der Waals surface area contributed by atoms with Crippen molar-refractivity contribution in [3.8, 4) is 0 Å². The van der Waals surface area contributed by atoms with E-state index in [-0.39, 0.29) is 5.91 Å². The van der Waals surface area contributed by atoms with Crippen LogP contribution in [0.1, 0.15) is 33.7 Å². The lowest BCUT2D eigenvalue weighted by Crippen LogP contribution is -2.40. The van der Waals surface area contributed by atoms with E-state index in [1.807, 2.05) is 64.0 Å². The van der Waals surface area contributed by atoms with Gasteiger partial charge in [0.1, 0.15) is 17.4 Å². The molecular formula is C22H16BrN5O2. The largest absolute Gasteiger partial charge is 0.458 e. The number of nitrogens with one attached hydrogen (secondary N) is 1. The number of amides is 1. The van der Waals surface area contributed by atoms with Gasteiger partial charge in [-0.25, -0.2) is 9.97 Å². The Morgan fingerprint density at radius 1 is 1.20 bits per heavy atom. The van der Waals surface area contributed by atoms with Crippen LogP contribution in [0.3, 0.4) is 0 Å². The highest BCUT2D eigenvalue weighted by Gasteiger charge is 2.38. The third-order valence-electron chi connectivity index (χ3n) is 5.61. The van der Waals surface area contributed by atoms with Crippen molar-refractivity contribution >= 4 is 38.3 Å². The van der Waals surface area contributed by atoms with E-state index in [1.165, 1.54) is 0 Å². The van der Waals surface area contributed by atoms with Gasteiger partial charge in [-0.1, -0.05) is 24.3 Å². The van der Waals surface area contributed by atoms with E-state index in [0.29, 0.717) is 29.2 Å². The number of carbonyl (C=O) groups is 1. The zero-order valence-electron chi connectivity index (χ0n) is 15.7. The number of hydrogen-bond acceptors (Lipinski definition) is 4. The van der Waals surface area contributed by atoms with Crippen LogP contribution in [0.15, 0.2) is 70.2 Å². The number of nitrogens with zero attached hydrogens (tertiary/aromatic N) is 4. The Bertz CT molecular complexity index is 1380. The van der Waals surface area contributed by atoms with Crippen LogP contribution in [-0.4, -0.2) is 36.7 Å². The Hall–Kier alpha value is -3.39. The van der Waals surface area contributed by atoms with Gasteiger partial charge >= 0.3 is 0 Å². The molecule has 0 saturated heterocycles. The Morgan fingerprint density at radius 3 is 2.97 bits per heavy atom. The molecule has 4 aromatic heterocycles. The number of aromatic amines is 1. The zero-order valence-corrected chi connectivity index (χ0v) is 17.3. The molecule has 8 heteroatoms. The van der Waals surface area contributed by atoms with Gasteiger partial charge in [-0.05, 0) is 40.2 Å². The number of furan rings is 1. The topological polar surface area (TPSA) is 79.4 Å². The first-order valence-corrected chi connectivity index (χ1v) is 10.4. The monoisotopic (exact) mass is 461 g/mol. The molecule has 1 aliphatic heterocycles. The van der Waals surface area contributed by atoms with E-state index >= 15 is 0 Å². The average Bonchev–Trinajstić information content (AvgIpc) is 3.49. The van der Waals surface area contributed by atoms with Crippen molar-refractivity contribution in [3.05, 3.63) is 88.6 Å². The summed E-state index contributed by atoms with van der Waals surface area (Å²) in [6, 6.07) is 15.1. The number of fused-ring (bicyclic) bond motifs is 3. The minimum atomic E-state index is -0.417. The number of hydrogen-bond donors (Lipinski definition) is 1. The van der Waals surface area contributed by atoms with Crippen LogP contribution in [0.25, 0.3) is 16.5 Å². The number of imidazole rings is 2. The summed E-state index contributed by atoms with van der Waals surface area (Å²) in [5.41, 5.74) is 3.79. The molecule has 1 atom stereocenters. The van der Waals surface area contributed by atoms with E-state index in [2.05, 4.69) is 30.9 Å². The van der Waals surface area contributed by atoms with Gasteiger partial charge in [-0.15, -0.1) is 0 Å². The molecule has 0 saturated carbocycles. The molecule has 1 amide bonds. The molecule has 1 aromatic carbocycles. The lowest BCUT2D eigenvalue weighted by molar-refractivity contribution is 0.0669. The summed E-state index contributed by atoms with van der Waals surface area (Å²) in [7, 11) is 0. The van der Waals surface area contributed by atoms with Crippen LogP contribution in [0, 0.1) is 0 Å². The number of aromatic nitrogens is 4. The summed E-state index contributed by atoms with van der Waals surface area (Å²) in [5.74, 6) is 0.545. The van der Waals surface area contributed by atoms with Gasteiger partial charge in [-0.3, -0.25) is 9.20 Å². The maximum atomic E-state index is 13.7. The van der Waals surface area contributed by atoms with Crippen molar-refractivity contribution in [1.29, 1.82) is 0 Å². The third kappa shape index (κ3) is 2.53. The second-order valence-electron chi connectivity index (χ2n) is 7.29. The van der Waals surface area contributed by atoms with Crippen molar-refractivity contribution < 1.29 is 9.21 Å². The van der Waals surface area contributed by atoms with E-state index in [1.54, 1.807) is 6.33 Å². The number of carbonyl (C=O) groups excluding carboxylic acids is 1. The molecule has 0 spiro atoms. The zero-order chi connectivity index (χ0) is 20.2. The second-order valence-corrected chi connectivity index (χ2v) is 8.00. The molecule has 148 valence electrons. The molecule has 0 fully saturated rings. The molecule has 5 aromatic rings. The number of pyridine rings is 1. The number of H-pyrrole nitrogens is 1. The van der Waals surface area contributed by atoms with Crippen molar-refractivity contribution in [2.45, 2.75) is 12.5 Å². The van der Waals surface area contributed by atoms with E-state index < -0.39 is 6.04 Å².